The first kappa shape index (κ1) is 12.5. The average molecular weight is 224 g/mol. The van der Waals surface area contributed by atoms with Crippen LogP contribution in [0.3, 0.4) is 0 Å². The summed E-state index contributed by atoms with van der Waals surface area (Å²) >= 11 is 0. The maximum atomic E-state index is 10.3. The Bertz CT molecular complexity index is 355. The quantitative estimate of drug-likeness (QED) is 0.421. The Kier molecular flexibility index (Phi) is 4.75. The number of amides is 1. The van der Waals surface area contributed by atoms with Crippen LogP contribution in [0.4, 0.5) is 5.69 Å². The number of rotatable bonds is 6. The minimum Gasteiger partial charge on any atom is -0.506 e. The molecule has 5 heteroatoms. The number of aromatic hydroxyl groups is 1. The van der Waals surface area contributed by atoms with E-state index in [0.717, 1.165) is 6.54 Å². The summed E-state index contributed by atoms with van der Waals surface area (Å²) in [5, 5.41) is 24.6. The molecular weight excluding hydrogens is 208 g/mol. The van der Waals surface area contributed by atoms with E-state index in [1.807, 2.05) is 6.92 Å². The van der Waals surface area contributed by atoms with Gasteiger partial charge in [-0.05, 0) is 24.2 Å². The average Bonchev–Trinajstić information content (AvgIpc) is 2.29. The lowest BCUT2D eigenvalue weighted by atomic mass is 10.1. The van der Waals surface area contributed by atoms with Crippen molar-refractivity contribution in [3.05, 3.63) is 23.8 Å². The van der Waals surface area contributed by atoms with Crippen LogP contribution in [0, 0.1) is 0 Å². The zero-order valence-electron chi connectivity index (χ0n) is 9.10. The number of anilines is 1. The maximum Gasteiger partial charge on any atom is 0.211 e. The van der Waals surface area contributed by atoms with Gasteiger partial charge in [-0.3, -0.25) is 4.79 Å². The van der Waals surface area contributed by atoms with Gasteiger partial charge >= 0.3 is 0 Å². The molecule has 0 spiro atoms. The Morgan fingerprint density at radius 3 is 2.88 bits per heavy atom. The molecule has 0 aromatic heterocycles. The Hall–Kier alpha value is -1.59. The second-order valence-corrected chi connectivity index (χ2v) is 3.36. The maximum absolute atomic E-state index is 10.3. The second-order valence-electron chi connectivity index (χ2n) is 3.36. The van der Waals surface area contributed by atoms with Crippen LogP contribution in [0.2, 0.25) is 0 Å². The van der Waals surface area contributed by atoms with Crippen LogP contribution < -0.4 is 10.6 Å². The van der Waals surface area contributed by atoms with Crippen LogP contribution in [-0.2, 0) is 4.79 Å². The lowest BCUT2D eigenvalue weighted by molar-refractivity contribution is -0.105. The van der Waals surface area contributed by atoms with Crippen molar-refractivity contribution in [2.45, 2.75) is 13.0 Å². The van der Waals surface area contributed by atoms with Gasteiger partial charge in [-0.15, -0.1) is 0 Å². The molecule has 1 amide bonds. The standard InChI is InChI=1S/C11H16N2O3/c1-2-12-6-11(16)8-3-4-10(15)9(5-8)13-7-14/h3-5,7,11-12,15-16H,2,6H2,1H3,(H,13,14). The van der Waals surface area contributed by atoms with Crippen molar-refractivity contribution in [3.8, 4) is 5.75 Å². The third-order valence-electron chi connectivity index (χ3n) is 2.21. The van der Waals surface area contributed by atoms with E-state index in [2.05, 4.69) is 10.6 Å². The zero-order chi connectivity index (χ0) is 12.0. The number of carbonyl (C=O) groups excluding carboxylic acids is 1. The van der Waals surface area contributed by atoms with E-state index in [0.29, 0.717) is 24.2 Å². The number of hydrogen-bond acceptors (Lipinski definition) is 4. The van der Waals surface area contributed by atoms with Crippen molar-refractivity contribution < 1.29 is 15.0 Å². The highest BCUT2D eigenvalue weighted by Crippen LogP contribution is 2.26. The van der Waals surface area contributed by atoms with E-state index in [1.54, 1.807) is 12.1 Å². The molecule has 5 nitrogen and oxygen atoms in total. The molecule has 1 atom stereocenters. The van der Waals surface area contributed by atoms with Gasteiger partial charge in [-0.2, -0.15) is 0 Å². The number of carbonyl (C=O) groups is 1. The molecule has 0 aliphatic heterocycles. The molecule has 0 saturated carbocycles. The fourth-order valence-electron chi connectivity index (χ4n) is 1.34. The summed E-state index contributed by atoms with van der Waals surface area (Å²) in [6, 6.07) is 4.61. The molecule has 0 aliphatic carbocycles. The van der Waals surface area contributed by atoms with Crippen molar-refractivity contribution >= 4 is 12.1 Å². The number of phenolic OH excluding ortho intramolecular Hbond substituents is 1. The molecule has 4 N–H and O–H groups in total. The van der Waals surface area contributed by atoms with Crippen molar-refractivity contribution in [3.63, 3.8) is 0 Å². The smallest absolute Gasteiger partial charge is 0.211 e. The molecule has 0 radical (unpaired) electrons. The lowest BCUT2D eigenvalue weighted by Gasteiger charge is -2.13. The van der Waals surface area contributed by atoms with Crippen molar-refractivity contribution in [1.29, 1.82) is 0 Å². The molecule has 0 fully saturated rings. The Morgan fingerprint density at radius 2 is 2.25 bits per heavy atom. The molecule has 1 unspecified atom stereocenters. The number of hydrogen-bond donors (Lipinski definition) is 4. The molecule has 1 rings (SSSR count). The predicted octanol–water partition coefficient (Wildman–Crippen LogP) is 0.603. The fraction of sp³-hybridized carbons (Fsp3) is 0.364. The molecule has 0 heterocycles. The third-order valence-corrected chi connectivity index (χ3v) is 2.21. The first-order valence-corrected chi connectivity index (χ1v) is 5.11. The van der Waals surface area contributed by atoms with Gasteiger partial charge in [0, 0.05) is 6.54 Å². The molecule has 1 aromatic rings. The molecule has 0 bridgehead atoms. The van der Waals surface area contributed by atoms with Gasteiger partial charge in [0.15, 0.2) is 0 Å². The lowest BCUT2D eigenvalue weighted by Crippen LogP contribution is -2.20. The monoisotopic (exact) mass is 224 g/mol. The van der Waals surface area contributed by atoms with Gasteiger partial charge in [0.05, 0.1) is 11.8 Å². The number of phenols is 1. The number of benzene rings is 1. The first-order chi connectivity index (χ1) is 7.69. The predicted molar refractivity (Wildman–Crippen MR) is 61.3 cm³/mol. The number of aliphatic hydroxyl groups excluding tert-OH is 1. The zero-order valence-corrected chi connectivity index (χ0v) is 9.10. The van der Waals surface area contributed by atoms with Gasteiger partial charge < -0.3 is 20.8 Å². The summed E-state index contributed by atoms with van der Waals surface area (Å²) in [5.74, 6) is -0.0218. The van der Waals surface area contributed by atoms with Gasteiger partial charge in [0.1, 0.15) is 5.75 Å². The topological polar surface area (TPSA) is 81.6 Å². The van der Waals surface area contributed by atoms with E-state index < -0.39 is 6.10 Å². The molecule has 88 valence electrons. The van der Waals surface area contributed by atoms with Crippen molar-refractivity contribution in [2.24, 2.45) is 0 Å². The third kappa shape index (κ3) is 3.22. The minimum atomic E-state index is -0.659. The van der Waals surface area contributed by atoms with E-state index >= 15 is 0 Å². The van der Waals surface area contributed by atoms with Crippen LogP contribution in [0.15, 0.2) is 18.2 Å². The van der Waals surface area contributed by atoms with Crippen LogP contribution in [-0.4, -0.2) is 29.7 Å². The summed E-state index contributed by atoms with van der Waals surface area (Å²) in [5.41, 5.74) is 0.936. The SMILES string of the molecule is CCNCC(O)c1ccc(O)c(NC=O)c1. The largest absolute Gasteiger partial charge is 0.506 e. The van der Waals surface area contributed by atoms with Crippen LogP contribution >= 0.6 is 0 Å². The van der Waals surface area contributed by atoms with Crippen LogP contribution in [0.25, 0.3) is 0 Å². The van der Waals surface area contributed by atoms with Crippen LogP contribution in [0.1, 0.15) is 18.6 Å². The summed E-state index contributed by atoms with van der Waals surface area (Å²) in [4.78, 5) is 10.3. The summed E-state index contributed by atoms with van der Waals surface area (Å²) in [6.45, 7) is 3.15. The summed E-state index contributed by atoms with van der Waals surface area (Å²) < 4.78 is 0. The van der Waals surface area contributed by atoms with E-state index in [9.17, 15) is 15.0 Å². The highest BCUT2D eigenvalue weighted by molar-refractivity contribution is 5.75. The fourth-order valence-corrected chi connectivity index (χ4v) is 1.34. The number of nitrogens with one attached hydrogen (secondary N) is 2. The number of likely N-dealkylation sites (N-methyl/N-ethyl adjacent to an activating group) is 1. The van der Waals surface area contributed by atoms with Gasteiger partial charge in [-0.1, -0.05) is 13.0 Å². The van der Waals surface area contributed by atoms with Gasteiger partial charge in [0.25, 0.3) is 0 Å². The number of aliphatic hydroxyl groups is 1. The summed E-state index contributed by atoms with van der Waals surface area (Å²) in [7, 11) is 0. The Morgan fingerprint density at radius 1 is 1.50 bits per heavy atom. The van der Waals surface area contributed by atoms with E-state index in [4.69, 9.17) is 0 Å². The Labute approximate surface area is 94.1 Å². The van der Waals surface area contributed by atoms with E-state index in [-0.39, 0.29) is 5.75 Å². The second kappa shape index (κ2) is 6.09. The highest BCUT2D eigenvalue weighted by Gasteiger charge is 2.09. The normalized spacial score (nSPS) is 12.1. The molecule has 1 aromatic carbocycles. The van der Waals surface area contributed by atoms with Crippen LogP contribution in [0.5, 0.6) is 5.75 Å². The Balaban J connectivity index is 2.80. The van der Waals surface area contributed by atoms with Crippen molar-refractivity contribution in [1.82, 2.24) is 5.32 Å². The first-order valence-electron chi connectivity index (χ1n) is 5.11. The minimum absolute atomic E-state index is 0.0218. The van der Waals surface area contributed by atoms with Gasteiger partial charge in [0.2, 0.25) is 6.41 Å². The summed E-state index contributed by atoms with van der Waals surface area (Å²) in [6.07, 6.45) is -0.178. The molecule has 16 heavy (non-hydrogen) atoms. The van der Waals surface area contributed by atoms with Crippen molar-refractivity contribution in [2.75, 3.05) is 18.4 Å². The molecular formula is C11H16N2O3. The molecule has 0 saturated heterocycles. The van der Waals surface area contributed by atoms with Gasteiger partial charge in [-0.25, -0.2) is 0 Å². The van der Waals surface area contributed by atoms with E-state index in [1.165, 1.54) is 6.07 Å². The molecule has 0 aliphatic rings. The highest BCUT2D eigenvalue weighted by atomic mass is 16.3.